The van der Waals surface area contributed by atoms with Crippen LogP contribution in [0.1, 0.15) is 5.56 Å². The van der Waals surface area contributed by atoms with Crippen LogP contribution >= 0.6 is 12.4 Å². The van der Waals surface area contributed by atoms with Gasteiger partial charge in [-0.2, -0.15) is 0 Å². The van der Waals surface area contributed by atoms with Gasteiger partial charge in [0.1, 0.15) is 6.61 Å². The minimum atomic E-state index is -0.422. The van der Waals surface area contributed by atoms with Crippen LogP contribution in [0.2, 0.25) is 0 Å². The second kappa shape index (κ2) is 9.52. The maximum Gasteiger partial charge on any atom is 0.310 e. The van der Waals surface area contributed by atoms with Crippen LogP contribution in [0.25, 0.3) is 0 Å². The van der Waals surface area contributed by atoms with E-state index >= 15 is 0 Å². The summed E-state index contributed by atoms with van der Waals surface area (Å²) in [5.74, 6) is 0.333. The van der Waals surface area contributed by atoms with Gasteiger partial charge >= 0.3 is 5.69 Å². The Morgan fingerprint density at radius 1 is 1.35 bits per heavy atom. The SMILES string of the molecule is Cc1ccc([N+](=O)[O-])c(OCCNCCN(C)C)c1.Cl. The topological polar surface area (TPSA) is 67.6 Å². The normalized spacial score (nSPS) is 10.2. The highest BCUT2D eigenvalue weighted by molar-refractivity contribution is 5.85. The molecule has 0 heterocycles. The molecule has 0 unspecified atom stereocenters. The molecule has 0 aliphatic carbocycles. The average Bonchev–Trinajstić information content (AvgIpc) is 2.33. The van der Waals surface area contributed by atoms with Crippen LogP contribution in [0.5, 0.6) is 5.75 Å². The molecule has 0 bridgehead atoms. The number of nitro benzene ring substituents is 1. The molecule has 0 aliphatic heterocycles. The number of aryl methyl sites for hydroxylation is 1. The van der Waals surface area contributed by atoms with Crippen LogP contribution in [0.15, 0.2) is 18.2 Å². The van der Waals surface area contributed by atoms with Crippen molar-refractivity contribution in [3.63, 3.8) is 0 Å². The van der Waals surface area contributed by atoms with E-state index < -0.39 is 4.92 Å². The van der Waals surface area contributed by atoms with Crippen molar-refractivity contribution in [2.24, 2.45) is 0 Å². The van der Waals surface area contributed by atoms with E-state index in [-0.39, 0.29) is 18.1 Å². The van der Waals surface area contributed by atoms with Crippen LogP contribution < -0.4 is 10.1 Å². The molecule has 0 spiro atoms. The number of nitrogens with one attached hydrogen (secondary N) is 1. The molecule has 0 saturated carbocycles. The largest absolute Gasteiger partial charge is 0.485 e. The molecule has 114 valence electrons. The Bertz CT molecular complexity index is 427. The Morgan fingerprint density at radius 3 is 2.65 bits per heavy atom. The summed E-state index contributed by atoms with van der Waals surface area (Å²) in [4.78, 5) is 12.5. The summed E-state index contributed by atoms with van der Waals surface area (Å²) in [5, 5.41) is 14.1. The van der Waals surface area contributed by atoms with Crippen molar-refractivity contribution in [2.45, 2.75) is 6.92 Å². The van der Waals surface area contributed by atoms with Gasteiger partial charge in [0.2, 0.25) is 0 Å². The molecule has 0 aliphatic rings. The zero-order chi connectivity index (χ0) is 14.3. The first kappa shape index (κ1) is 18.6. The summed E-state index contributed by atoms with van der Waals surface area (Å²) < 4.78 is 5.47. The Hall–Kier alpha value is -1.37. The second-order valence-electron chi connectivity index (χ2n) is 4.63. The molecule has 1 aromatic carbocycles. The third-order valence-corrected chi connectivity index (χ3v) is 2.58. The monoisotopic (exact) mass is 303 g/mol. The first-order valence-corrected chi connectivity index (χ1v) is 6.24. The lowest BCUT2D eigenvalue weighted by Gasteiger charge is -2.11. The Morgan fingerprint density at radius 2 is 2.05 bits per heavy atom. The van der Waals surface area contributed by atoms with Gasteiger partial charge in [0, 0.05) is 25.7 Å². The van der Waals surface area contributed by atoms with Crippen LogP contribution in [0, 0.1) is 17.0 Å². The van der Waals surface area contributed by atoms with Gasteiger partial charge in [0.05, 0.1) is 4.92 Å². The molecule has 0 aromatic heterocycles. The summed E-state index contributed by atoms with van der Waals surface area (Å²) in [5.41, 5.74) is 0.958. The highest BCUT2D eigenvalue weighted by Crippen LogP contribution is 2.27. The molecule has 1 aromatic rings. The molecule has 0 radical (unpaired) electrons. The number of rotatable bonds is 8. The zero-order valence-corrected chi connectivity index (χ0v) is 12.9. The lowest BCUT2D eigenvalue weighted by molar-refractivity contribution is -0.385. The first-order chi connectivity index (χ1) is 9.00. The van der Waals surface area contributed by atoms with Crippen LogP contribution in [-0.2, 0) is 0 Å². The predicted octanol–water partition coefficient (Wildman–Crippen LogP) is 1.86. The molecule has 1 N–H and O–H groups in total. The van der Waals surface area contributed by atoms with E-state index in [1.807, 2.05) is 21.0 Å². The highest BCUT2D eigenvalue weighted by Gasteiger charge is 2.14. The van der Waals surface area contributed by atoms with E-state index in [1.54, 1.807) is 12.1 Å². The molecule has 6 nitrogen and oxygen atoms in total. The number of nitrogens with zero attached hydrogens (tertiary/aromatic N) is 2. The maximum atomic E-state index is 10.8. The van der Waals surface area contributed by atoms with E-state index in [0.717, 1.165) is 18.7 Å². The van der Waals surface area contributed by atoms with Gasteiger partial charge in [-0.25, -0.2) is 0 Å². The van der Waals surface area contributed by atoms with Crippen molar-refractivity contribution in [1.82, 2.24) is 10.2 Å². The first-order valence-electron chi connectivity index (χ1n) is 6.24. The molecular weight excluding hydrogens is 282 g/mol. The maximum absolute atomic E-state index is 10.8. The quantitative estimate of drug-likeness (QED) is 0.451. The van der Waals surface area contributed by atoms with Gasteiger partial charge in [-0.3, -0.25) is 10.1 Å². The van der Waals surface area contributed by atoms with Crippen LogP contribution in [0.4, 0.5) is 5.69 Å². The molecule has 20 heavy (non-hydrogen) atoms. The zero-order valence-electron chi connectivity index (χ0n) is 12.1. The average molecular weight is 304 g/mol. The van der Waals surface area contributed by atoms with E-state index in [1.165, 1.54) is 6.07 Å². The van der Waals surface area contributed by atoms with Crippen molar-refractivity contribution in [2.75, 3.05) is 40.3 Å². The molecule has 0 atom stereocenters. The number of nitro groups is 1. The number of benzene rings is 1. The number of hydrogen-bond donors (Lipinski definition) is 1. The molecule has 0 saturated heterocycles. The molecule has 0 fully saturated rings. The minimum Gasteiger partial charge on any atom is -0.485 e. The van der Waals surface area contributed by atoms with Gasteiger partial charge in [-0.1, -0.05) is 6.07 Å². The standard InChI is InChI=1S/C13H21N3O3.ClH/c1-11-4-5-12(16(17)18)13(10-11)19-9-7-14-6-8-15(2)3;/h4-5,10,14H,6-9H2,1-3H3;1H. The van der Waals surface area contributed by atoms with E-state index in [9.17, 15) is 10.1 Å². The molecule has 7 heteroatoms. The summed E-state index contributed by atoms with van der Waals surface area (Å²) in [6.07, 6.45) is 0. The van der Waals surface area contributed by atoms with E-state index in [2.05, 4.69) is 10.2 Å². The van der Waals surface area contributed by atoms with E-state index in [0.29, 0.717) is 18.9 Å². The fourth-order valence-corrected chi connectivity index (χ4v) is 1.55. The van der Waals surface area contributed by atoms with Gasteiger partial charge in [-0.05, 0) is 32.6 Å². The second-order valence-corrected chi connectivity index (χ2v) is 4.63. The van der Waals surface area contributed by atoms with Crippen molar-refractivity contribution < 1.29 is 9.66 Å². The third kappa shape index (κ3) is 6.70. The number of ether oxygens (including phenoxy) is 1. The number of hydrogen-bond acceptors (Lipinski definition) is 5. The van der Waals surface area contributed by atoms with Gasteiger partial charge < -0.3 is 15.0 Å². The predicted molar refractivity (Wildman–Crippen MR) is 82.0 cm³/mol. The smallest absolute Gasteiger partial charge is 0.310 e. The van der Waals surface area contributed by atoms with Crippen LogP contribution in [0.3, 0.4) is 0 Å². The lowest BCUT2D eigenvalue weighted by atomic mass is 10.2. The summed E-state index contributed by atoms with van der Waals surface area (Å²) in [6, 6.07) is 4.88. The fraction of sp³-hybridized carbons (Fsp3) is 0.538. The molecule has 1 rings (SSSR count). The van der Waals surface area contributed by atoms with Crippen molar-refractivity contribution in [3.8, 4) is 5.75 Å². The van der Waals surface area contributed by atoms with Crippen molar-refractivity contribution in [1.29, 1.82) is 0 Å². The van der Waals surface area contributed by atoms with Gasteiger partial charge in [-0.15, -0.1) is 12.4 Å². The Kier molecular flexibility index (Phi) is 8.87. The third-order valence-electron chi connectivity index (χ3n) is 2.58. The summed E-state index contributed by atoms with van der Waals surface area (Å²) >= 11 is 0. The number of halogens is 1. The highest BCUT2D eigenvalue weighted by atomic mass is 35.5. The van der Waals surface area contributed by atoms with Gasteiger partial charge in [0.15, 0.2) is 5.75 Å². The fourth-order valence-electron chi connectivity index (χ4n) is 1.55. The van der Waals surface area contributed by atoms with Crippen LogP contribution in [-0.4, -0.2) is 50.2 Å². The molecule has 0 amide bonds. The lowest BCUT2D eigenvalue weighted by Crippen LogP contribution is -2.29. The summed E-state index contributed by atoms with van der Waals surface area (Å²) in [6.45, 7) is 4.78. The number of likely N-dealkylation sites (N-methyl/N-ethyl adjacent to an activating group) is 1. The minimum absolute atomic E-state index is 0. The van der Waals surface area contributed by atoms with Crippen molar-refractivity contribution >= 4 is 18.1 Å². The van der Waals surface area contributed by atoms with Crippen molar-refractivity contribution in [3.05, 3.63) is 33.9 Å². The Balaban J connectivity index is 0.00000361. The van der Waals surface area contributed by atoms with Gasteiger partial charge in [0.25, 0.3) is 0 Å². The Labute approximate surface area is 125 Å². The summed E-state index contributed by atoms with van der Waals surface area (Å²) in [7, 11) is 4.02. The molecular formula is C13H22ClN3O3. The van der Waals surface area contributed by atoms with E-state index in [4.69, 9.17) is 4.74 Å².